The number of rotatable bonds is 3. The predicted molar refractivity (Wildman–Crippen MR) is 70.3 cm³/mol. The summed E-state index contributed by atoms with van der Waals surface area (Å²) in [7, 11) is 4.27. The number of anilines is 2. The van der Waals surface area contributed by atoms with E-state index in [9.17, 15) is 0 Å². The fourth-order valence-electron chi connectivity index (χ4n) is 2.42. The van der Waals surface area contributed by atoms with Crippen molar-refractivity contribution in [3.63, 3.8) is 0 Å². The van der Waals surface area contributed by atoms with Crippen LogP contribution < -0.4 is 10.2 Å². The standard InChI is InChI=1S/C13H21N3/c1-4-16-11(10-15(2)3)9-14-12-7-5-6-8-13(12)16/h5-8,11,14H,4,9-10H2,1-3H3. The van der Waals surface area contributed by atoms with E-state index in [1.54, 1.807) is 0 Å². The van der Waals surface area contributed by atoms with Gasteiger partial charge in [0.05, 0.1) is 17.4 Å². The molecule has 1 unspecified atom stereocenters. The van der Waals surface area contributed by atoms with Crippen LogP contribution in [0.5, 0.6) is 0 Å². The van der Waals surface area contributed by atoms with Gasteiger partial charge in [0.25, 0.3) is 0 Å². The van der Waals surface area contributed by atoms with E-state index in [0.29, 0.717) is 6.04 Å². The van der Waals surface area contributed by atoms with Crippen LogP contribution in [-0.4, -0.2) is 44.7 Å². The van der Waals surface area contributed by atoms with Crippen LogP contribution in [-0.2, 0) is 0 Å². The van der Waals surface area contributed by atoms with Crippen LogP contribution in [0.1, 0.15) is 6.92 Å². The number of benzene rings is 1. The highest BCUT2D eigenvalue weighted by atomic mass is 15.3. The Balaban J connectivity index is 2.23. The van der Waals surface area contributed by atoms with Gasteiger partial charge in [0.1, 0.15) is 0 Å². The van der Waals surface area contributed by atoms with Crippen molar-refractivity contribution in [2.24, 2.45) is 0 Å². The Bertz CT molecular complexity index is 349. The first kappa shape index (κ1) is 11.3. The number of nitrogens with zero attached hydrogens (tertiary/aromatic N) is 2. The first-order chi connectivity index (χ1) is 7.72. The third kappa shape index (κ3) is 2.14. The second kappa shape index (κ2) is 4.74. The molecule has 1 aromatic rings. The summed E-state index contributed by atoms with van der Waals surface area (Å²) < 4.78 is 0. The van der Waals surface area contributed by atoms with E-state index in [-0.39, 0.29) is 0 Å². The average molecular weight is 219 g/mol. The SMILES string of the molecule is CCN1c2ccccc2NCC1CN(C)C. The van der Waals surface area contributed by atoms with Crippen molar-refractivity contribution in [2.45, 2.75) is 13.0 Å². The summed E-state index contributed by atoms with van der Waals surface area (Å²) >= 11 is 0. The zero-order valence-corrected chi connectivity index (χ0v) is 10.4. The van der Waals surface area contributed by atoms with E-state index < -0.39 is 0 Å². The van der Waals surface area contributed by atoms with Crippen LogP contribution in [0, 0.1) is 0 Å². The van der Waals surface area contributed by atoms with Crippen molar-refractivity contribution < 1.29 is 0 Å². The lowest BCUT2D eigenvalue weighted by atomic mass is 10.1. The van der Waals surface area contributed by atoms with Crippen LogP contribution in [0.25, 0.3) is 0 Å². The first-order valence-corrected chi connectivity index (χ1v) is 5.96. The zero-order chi connectivity index (χ0) is 11.5. The van der Waals surface area contributed by atoms with E-state index in [1.165, 1.54) is 11.4 Å². The van der Waals surface area contributed by atoms with Crippen LogP contribution in [0.15, 0.2) is 24.3 Å². The number of fused-ring (bicyclic) bond motifs is 1. The minimum absolute atomic E-state index is 0.565. The van der Waals surface area contributed by atoms with E-state index in [4.69, 9.17) is 0 Å². The Morgan fingerprint density at radius 2 is 2.12 bits per heavy atom. The number of likely N-dealkylation sites (N-methyl/N-ethyl adjacent to an activating group) is 2. The molecule has 0 fully saturated rings. The summed E-state index contributed by atoms with van der Waals surface area (Å²) in [5.41, 5.74) is 2.60. The van der Waals surface area contributed by atoms with Crippen molar-refractivity contribution >= 4 is 11.4 Å². The van der Waals surface area contributed by atoms with Crippen molar-refractivity contribution in [3.05, 3.63) is 24.3 Å². The molecule has 1 heterocycles. The zero-order valence-electron chi connectivity index (χ0n) is 10.4. The Labute approximate surface area is 98.0 Å². The van der Waals surface area contributed by atoms with Crippen LogP contribution in [0.3, 0.4) is 0 Å². The van der Waals surface area contributed by atoms with Gasteiger partial charge < -0.3 is 15.1 Å². The number of nitrogens with one attached hydrogen (secondary N) is 1. The lowest BCUT2D eigenvalue weighted by Gasteiger charge is -2.40. The molecule has 1 N–H and O–H groups in total. The highest BCUT2D eigenvalue weighted by Crippen LogP contribution is 2.30. The molecule has 3 nitrogen and oxygen atoms in total. The third-order valence-corrected chi connectivity index (χ3v) is 3.10. The van der Waals surface area contributed by atoms with Crippen molar-refractivity contribution in [3.8, 4) is 0 Å². The maximum Gasteiger partial charge on any atom is 0.0605 e. The molecule has 0 radical (unpaired) electrons. The van der Waals surface area contributed by atoms with Gasteiger partial charge in [-0.15, -0.1) is 0 Å². The quantitative estimate of drug-likeness (QED) is 0.837. The molecule has 0 bridgehead atoms. The van der Waals surface area contributed by atoms with Crippen molar-refractivity contribution in [1.82, 2.24) is 4.90 Å². The Morgan fingerprint density at radius 1 is 1.38 bits per heavy atom. The summed E-state index contributed by atoms with van der Waals surface area (Å²) in [6.07, 6.45) is 0. The molecule has 0 spiro atoms. The summed E-state index contributed by atoms with van der Waals surface area (Å²) in [6.45, 7) is 5.42. The monoisotopic (exact) mass is 219 g/mol. The minimum atomic E-state index is 0.565. The summed E-state index contributed by atoms with van der Waals surface area (Å²) in [5.74, 6) is 0. The largest absolute Gasteiger partial charge is 0.381 e. The molecule has 1 atom stereocenters. The fourth-order valence-corrected chi connectivity index (χ4v) is 2.42. The van der Waals surface area contributed by atoms with Gasteiger partial charge >= 0.3 is 0 Å². The van der Waals surface area contributed by atoms with Crippen LogP contribution >= 0.6 is 0 Å². The molecule has 0 saturated carbocycles. The highest BCUT2D eigenvalue weighted by Gasteiger charge is 2.24. The predicted octanol–water partition coefficient (Wildman–Crippen LogP) is 1.87. The average Bonchev–Trinajstić information content (AvgIpc) is 2.28. The maximum atomic E-state index is 3.51. The molecular weight excluding hydrogens is 198 g/mol. The second-order valence-corrected chi connectivity index (χ2v) is 4.60. The lowest BCUT2D eigenvalue weighted by molar-refractivity contribution is 0.366. The number of para-hydroxylation sites is 2. The normalized spacial score (nSPS) is 19.5. The number of hydrogen-bond acceptors (Lipinski definition) is 3. The fraction of sp³-hybridized carbons (Fsp3) is 0.538. The molecule has 0 saturated heterocycles. The molecule has 88 valence electrons. The third-order valence-electron chi connectivity index (χ3n) is 3.10. The van der Waals surface area contributed by atoms with Gasteiger partial charge in [-0.05, 0) is 33.2 Å². The van der Waals surface area contributed by atoms with Gasteiger partial charge in [-0.25, -0.2) is 0 Å². The van der Waals surface area contributed by atoms with Gasteiger partial charge in [0.2, 0.25) is 0 Å². The van der Waals surface area contributed by atoms with E-state index >= 15 is 0 Å². The molecule has 1 aromatic carbocycles. The van der Waals surface area contributed by atoms with Gasteiger partial charge in [-0.1, -0.05) is 12.1 Å². The Morgan fingerprint density at radius 3 is 2.81 bits per heavy atom. The van der Waals surface area contributed by atoms with Crippen molar-refractivity contribution in [2.75, 3.05) is 43.9 Å². The summed E-state index contributed by atoms with van der Waals surface area (Å²) in [5, 5.41) is 3.51. The first-order valence-electron chi connectivity index (χ1n) is 5.96. The lowest BCUT2D eigenvalue weighted by Crippen LogP contribution is -2.49. The molecule has 2 rings (SSSR count). The molecule has 0 aromatic heterocycles. The molecule has 1 aliphatic rings. The van der Waals surface area contributed by atoms with Gasteiger partial charge in [0.15, 0.2) is 0 Å². The molecular formula is C13H21N3. The molecule has 1 aliphatic heterocycles. The van der Waals surface area contributed by atoms with Crippen LogP contribution in [0.4, 0.5) is 11.4 Å². The molecule has 0 aliphatic carbocycles. The maximum absolute atomic E-state index is 3.51. The van der Waals surface area contributed by atoms with Crippen LogP contribution in [0.2, 0.25) is 0 Å². The molecule has 0 amide bonds. The van der Waals surface area contributed by atoms with E-state index in [2.05, 4.69) is 60.4 Å². The second-order valence-electron chi connectivity index (χ2n) is 4.60. The summed E-state index contributed by atoms with van der Waals surface area (Å²) in [4.78, 5) is 4.74. The number of hydrogen-bond donors (Lipinski definition) is 1. The Hall–Kier alpha value is -1.22. The smallest absolute Gasteiger partial charge is 0.0605 e. The Kier molecular flexibility index (Phi) is 3.34. The molecule has 16 heavy (non-hydrogen) atoms. The van der Waals surface area contributed by atoms with E-state index in [1.807, 2.05) is 0 Å². The minimum Gasteiger partial charge on any atom is -0.381 e. The van der Waals surface area contributed by atoms with Crippen molar-refractivity contribution in [1.29, 1.82) is 0 Å². The topological polar surface area (TPSA) is 18.5 Å². The van der Waals surface area contributed by atoms with Gasteiger partial charge in [0, 0.05) is 19.6 Å². The van der Waals surface area contributed by atoms with E-state index in [0.717, 1.165) is 19.6 Å². The van der Waals surface area contributed by atoms with Gasteiger partial charge in [-0.2, -0.15) is 0 Å². The van der Waals surface area contributed by atoms with Gasteiger partial charge in [-0.3, -0.25) is 0 Å². The summed E-state index contributed by atoms with van der Waals surface area (Å²) in [6, 6.07) is 9.12. The molecule has 3 heteroatoms. The highest BCUT2D eigenvalue weighted by molar-refractivity contribution is 5.72.